The molecule has 0 N–H and O–H groups in total. The molecule has 3 rings (SSSR count). The van der Waals surface area contributed by atoms with Crippen LogP contribution in [0.25, 0.3) is 11.5 Å². The fraction of sp³-hybridized carbons (Fsp3) is 0.0625. The van der Waals surface area contributed by atoms with Crippen molar-refractivity contribution in [2.45, 2.75) is 6.61 Å². The molecule has 0 saturated carbocycles. The molecule has 0 atom stereocenters. The lowest BCUT2D eigenvalue weighted by Crippen LogP contribution is -2.06. The van der Waals surface area contributed by atoms with Crippen LogP contribution < -0.4 is 0 Å². The van der Waals surface area contributed by atoms with Crippen molar-refractivity contribution < 1.29 is 13.9 Å². The lowest BCUT2D eigenvalue weighted by Gasteiger charge is -2.04. The van der Waals surface area contributed by atoms with Crippen LogP contribution in [0, 0.1) is 0 Å². The first-order valence-corrected chi connectivity index (χ1v) is 7.39. The average Bonchev–Trinajstić information content (AvgIpc) is 3.05. The van der Waals surface area contributed by atoms with Crippen molar-refractivity contribution in [3.05, 3.63) is 70.0 Å². The zero-order valence-electron chi connectivity index (χ0n) is 11.7. The topological polar surface area (TPSA) is 65.2 Å². The zero-order valence-corrected chi connectivity index (χ0v) is 13.2. The summed E-state index contributed by atoms with van der Waals surface area (Å²) in [6.45, 7) is -0.151. The third-order valence-electron chi connectivity index (χ3n) is 2.96. The highest BCUT2D eigenvalue weighted by Crippen LogP contribution is 2.22. The van der Waals surface area contributed by atoms with E-state index >= 15 is 0 Å². The molecule has 0 aliphatic heterocycles. The van der Waals surface area contributed by atoms with Gasteiger partial charge in [-0.15, -0.1) is 10.2 Å². The second kappa shape index (κ2) is 6.81. The third kappa shape index (κ3) is 3.70. The van der Waals surface area contributed by atoms with Gasteiger partial charge >= 0.3 is 5.97 Å². The standard InChI is InChI=1S/C16H10Cl2N2O3/c17-11-6-7-13(18)12(8-11)16(21)22-9-14-19-20-15(23-14)10-4-2-1-3-5-10/h1-8H,9H2. The minimum absolute atomic E-state index is 0.151. The highest BCUT2D eigenvalue weighted by Gasteiger charge is 2.15. The van der Waals surface area contributed by atoms with E-state index in [9.17, 15) is 4.79 Å². The molecule has 3 aromatic rings. The van der Waals surface area contributed by atoms with Gasteiger partial charge in [-0.25, -0.2) is 4.79 Å². The maximum absolute atomic E-state index is 12.0. The molecule has 0 saturated heterocycles. The number of hydrogen-bond donors (Lipinski definition) is 0. The Hall–Kier alpha value is -2.37. The Bertz CT molecular complexity index is 834. The number of nitrogens with zero attached hydrogens (tertiary/aromatic N) is 2. The summed E-state index contributed by atoms with van der Waals surface area (Å²) in [5.41, 5.74) is 0.970. The molecule has 0 amide bonds. The quantitative estimate of drug-likeness (QED) is 0.653. The van der Waals surface area contributed by atoms with Crippen LogP contribution in [0.4, 0.5) is 0 Å². The predicted molar refractivity (Wildman–Crippen MR) is 85.3 cm³/mol. The van der Waals surface area contributed by atoms with E-state index in [1.165, 1.54) is 12.1 Å². The summed E-state index contributed by atoms with van der Waals surface area (Å²) in [5, 5.41) is 8.41. The summed E-state index contributed by atoms with van der Waals surface area (Å²) in [6, 6.07) is 13.9. The molecule has 0 aliphatic carbocycles. The van der Waals surface area contributed by atoms with Gasteiger partial charge in [0.05, 0.1) is 10.6 Å². The van der Waals surface area contributed by atoms with Gasteiger partial charge in [-0.1, -0.05) is 41.4 Å². The van der Waals surface area contributed by atoms with Crippen LogP contribution in [0.2, 0.25) is 10.0 Å². The maximum atomic E-state index is 12.0. The van der Waals surface area contributed by atoms with Crippen LogP contribution in [-0.2, 0) is 11.3 Å². The number of hydrogen-bond acceptors (Lipinski definition) is 5. The number of halogens is 2. The number of rotatable bonds is 4. The van der Waals surface area contributed by atoms with Crippen molar-refractivity contribution in [3.8, 4) is 11.5 Å². The molecule has 2 aromatic carbocycles. The fourth-order valence-corrected chi connectivity index (χ4v) is 2.24. The van der Waals surface area contributed by atoms with Crippen molar-refractivity contribution in [2.75, 3.05) is 0 Å². The van der Waals surface area contributed by atoms with E-state index < -0.39 is 5.97 Å². The molecule has 1 heterocycles. The van der Waals surface area contributed by atoms with Crippen LogP contribution >= 0.6 is 23.2 Å². The molecule has 0 spiro atoms. The van der Waals surface area contributed by atoms with E-state index in [4.69, 9.17) is 32.4 Å². The molecule has 7 heteroatoms. The summed E-state index contributed by atoms with van der Waals surface area (Å²) in [5.74, 6) is -0.0650. The largest absolute Gasteiger partial charge is 0.452 e. The first-order chi connectivity index (χ1) is 11.1. The van der Waals surface area contributed by atoms with Crippen LogP contribution in [0.3, 0.4) is 0 Å². The molecule has 0 unspecified atom stereocenters. The number of benzene rings is 2. The second-order valence-corrected chi connectivity index (χ2v) is 5.41. The summed E-state index contributed by atoms with van der Waals surface area (Å²) in [7, 11) is 0. The highest BCUT2D eigenvalue weighted by atomic mass is 35.5. The molecule has 1 aromatic heterocycles. The smallest absolute Gasteiger partial charge is 0.340 e. The van der Waals surface area contributed by atoms with Gasteiger partial charge in [-0.2, -0.15) is 0 Å². The van der Waals surface area contributed by atoms with Gasteiger partial charge in [0.1, 0.15) is 0 Å². The van der Waals surface area contributed by atoms with Crippen LogP contribution in [0.5, 0.6) is 0 Å². The Labute approximate surface area is 141 Å². The minimum Gasteiger partial charge on any atom is -0.452 e. The van der Waals surface area contributed by atoms with Crippen molar-refractivity contribution in [1.29, 1.82) is 0 Å². The Morgan fingerprint density at radius 3 is 2.65 bits per heavy atom. The van der Waals surface area contributed by atoms with Gasteiger partial charge in [0, 0.05) is 10.6 Å². The van der Waals surface area contributed by atoms with Gasteiger partial charge in [-0.3, -0.25) is 0 Å². The molecule has 116 valence electrons. The van der Waals surface area contributed by atoms with Gasteiger partial charge in [0.15, 0.2) is 6.61 Å². The lowest BCUT2D eigenvalue weighted by molar-refractivity contribution is 0.0439. The molecule has 0 fully saturated rings. The zero-order chi connectivity index (χ0) is 16.2. The Balaban J connectivity index is 1.68. The van der Waals surface area contributed by atoms with Crippen molar-refractivity contribution in [3.63, 3.8) is 0 Å². The normalized spacial score (nSPS) is 10.5. The van der Waals surface area contributed by atoms with Crippen LogP contribution in [-0.4, -0.2) is 16.2 Å². The molecular formula is C16H10Cl2N2O3. The molecule has 5 nitrogen and oxygen atoms in total. The van der Waals surface area contributed by atoms with Crippen molar-refractivity contribution >= 4 is 29.2 Å². The summed E-state index contributed by atoms with van der Waals surface area (Å²) < 4.78 is 10.6. The van der Waals surface area contributed by atoms with E-state index in [2.05, 4.69) is 10.2 Å². The monoisotopic (exact) mass is 348 g/mol. The van der Waals surface area contributed by atoms with E-state index in [1.807, 2.05) is 30.3 Å². The molecular weight excluding hydrogens is 339 g/mol. The number of carbonyl (C=O) groups excluding carboxylic acids is 1. The average molecular weight is 349 g/mol. The Morgan fingerprint density at radius 1 is 1.09 bits per heavy atom. The van der Waals surface area contributed by atoms with Gasteiger partial charge in [0.2, 0.25) is 5.89 Å². The van der Waals surface area contributed by atoms with Gasteiger partial charge < -0.3 is 9.15 Å². The first kappa shape index (κ1) is 15.5. The summed E-state index contributed by atoms with van der Waals surface area (Å²) >= 11 is 11.8. The third-order valence-corrected chi connectivity index (χ3v) is 3.53. The minimum atomic E-state index is -0.614. The molecule has 0 aliphatic rings. The number of esters is 1. The van der Waals surface area contributed by atoms with Crippen molar-refractivity contribution in [1.82, 2.24) is 10.2 Å². The molecule has 0 bridgehead atoms. The predicted octanol–water partition coefficient (Wildman–Crippen LogP) is 4.40. The van der Waals surface area contributed by atoms with E-state index in [0.29, 0.717) is 10.9 Å². The van der Waals surface area contributed by atoms with Crippen molar-refractivity contribution in [2.24, 2.45) is 0 Å². The van der Waals surface area contributed by atoms with Crippen LogP contribution in [0.1, 0.15) is 16.2 Å². The van der Waals surface area contributed by atoms with E-state index in [-0.39, 0.29) is 23.1 Å². The second-order valence-electron chi connectivity index (χ2n) is 4.57. The van der Waals surface area contributed by atoms with Gasteiger partial charge in [-0.05, 0) is 30.3 Å². The lowest BCUT2D eigenvalue weighted by atomic mass is 10.2. The molecule has 0 radical (unpaired) electrons. The summed E-state index contributed by atoms with van der Waals surface area (Å²) in [4.78, 5) is 12.0. The summed E-state index contributed by atoms with van der Waals surface area (Å²) in [6.07, 6.45) is 0. The highest BCUT2D eigenvalue weighted by molar-refractivity contribution is 6.35. The Morgan fingerprint density at radius 2 is 1.87 bits per heavy atom. The number of ether oxygens (including phenoxy) is 1. The maximum Gasteiger partial charge on any atom is 0.340 e. The van der Waals surface area contributed by atoms with E-state index in [0.717, 1.165) is 5.56 Å². The SMILES string of the molecule is O=C(OCc1nnc(-c2ccccc2)o1)c1cc(Cl)ccc1Cl. The number of carbonyl (C=O) groups is 1. The first-order valence-electron chi connectivity index (χ1n) is 6.63. The number of aromatic nitrogens is 2. The van der Waals surface area contributed by atoms with Crippen LogP contribution in [0.15, 0.2) is 52.9 Å². The van der Waals surface area contributed by atoms with E-state index in [1.54, 1.807) is 6.07 Å². The molecule has 23 heavy (non-hydrogen) atoms. The Kier molecular flexibility index (Phi) is 4.60. The fourth-order valence-electron chi connectivity index (χ4n) is 1.87. The van der Waals surface area contributed by atoms with Gasteiger partial charge in [0.25, 0.3) is 5.89 Å².